The summed E-state index contributed by atoms with van der Waals surface area (Å²) in [6.45, 7) is 13.1. The summed E-state index contributed by atoms with van der Waals surface area (Å²) in [7, 11) is 0. The van der Waals surface area contributed by atoms with E-state index in [1.54, 1.807) is 24.3 Å². The molecule has 1 atom stereocenters. The van der Waals surface area contributed by atoms with Gasteiger partial charge in [0.1, 0.15) is 6.61 Å². The number of rotatable bonds is 7. The average Bonchev–Trinajstić information content (AvgIpc) is 2.82. The molecule has 2 aromatic carbocycles. The number of aromatic nitrogens is 1. The molecular weight excluding hydrogens is 438 g/mol. The zero-order chi connectivity index (χ0) is 25.6. The van der Waals surface area contributed by atoms with Crippen molar-refractivity contribution in [3.8, 4) is 0 Å². The second kappa shape index (κ2) is 10.9. The van der Waals surface area contributed by atoms with Gasteiger partial charge in [0.15, 0.2) is 25.0 Å². The zero-order valence-electron chi connectivity index (χ0n) is 21.6. The van der Waals surface area contributed by atoms with Crippen molar-refractivity contribution in [3.05, 3.63) is 101 Å². The van der Waals surface area contributed by atoms with Crippen molar-refractivity contribution < 1.29 is 23.6 Å². The number of ether oxygens (including phenoxy) is 2. The maximum Gasteiger partial charge on any atom is 0.338 e. The standard InChI is InChI=1S/C30H36NO4/c1-29(2,3)24-14-10-22(11-15-24)27(32)34-21-26(20-31-18-8-7-9-19-31)35-28(33)23-12-16-25(17-13-23)30(4,5)6/h7-19,26H,20-21H2,1-6H3/q+1. The Hall–Kier alpha value is -3.47. The summed E-state index contributed by atoms with van der Waals surface area (Å²) in [5, 5.41) is 0. The molecule has 0 fully saturated rings. The van der Waals surface area contributed by atoms with Gasteiger partial charge in [0, 0.05) is 12.1 Å². The summed E-state index contributed by atoms with van der Waals surface area (Å²) in [5.74, 6) is -0.892. The minimum absolute atomic E-state index is 0.000275. The summed E-state index contributed by atoms with van der Waals surface area (Å²) in [6.07, 6.45) is 3.12. The van der Waals surface area contributed by atoms with E-state index in [2.05, 4.69) is 41.5 Å². The van der Waals surface area contributed by atoms with Crippen LogP contribution in [0.15, 0.2) is 79.1 Å². The van der Waals surface area contributed by atoms with Crippen LogP contribution in [0.2, 0.25) is 0 Å². The van der Waals surface area contributed by atoms with Crippen LogP contribution in [0, 0.1) is 0 Å². The molecule has 1 heterocycles. The van der Waals surface area contributed by atoms with Gasteiger partial charge in [-0.2, -0.15) is 0 Å². The average molecular weight is 475 g/mol. The predicted molar refractivity (Wildman–Crippen MR) is 136 cm³/mol. The summed E-state index contributed by atoms with van der Waals surface area (Å²) >= 11 is 0. The van der Waals surface area contributed by atoms with Gasteiger partial charge in [-0.3, -0.25) is 0 Å². The van der Waals surface area contributed by atoms with Gasteiger partial charge in [-0.05, 0) is 46.2 Å². The largest absolute Gasteiger partial charge is 0.458 e. The van der Waals surface area contributed by atoms with E-state index in [1.807, 2.05) is 59.4 Å². The molecule has 184 valence electrons. The number of benzene rings is 2. The van der Waals surface area contributed by atoms with Gasteiger partial charge >= 0.3 is 11.9 Å². The normalized spacial score (nSPS) is 12.6. The van der Waals surface area contributed by atoms with Gasteiger partial charge in [-0.1, -0.05) is 71.9 Å². The van der Waals surface area contributed by atoms with Gasteiger partial charge < -0.3 is 9.47 Å². The fraction of sp³-hybridized carbons (Fsp3) is 0.367. The summed E-state index contributed by atoms with van der Waals surface area (Å²) in [4.78, 5) is 25.6. The number of pyridine rings is 1. The molecule has 0 aliphatic heterocycles. The molecule has 3 aromatic rings. The minimum atomic E-state index is -0.644. The Morgan fingerprint density at radius 1 is 0.714 bits per heavy atom. The monoisotopic (exact) mass is 474 g/mol. The van der Waals surface area contributed by atoms with Crippen molar-refractivity contribution in [1.82, 2.24) is 0 Å². The Morgan fingerprint density at radius 2 is 1.17 bits per heavy atom. The third-order valence-electron chi connectivity index (χ3n) is 5.84. The quantitative estimate of drug-likeness (QED) is 0.328. The van der Waals surface area contributed by atoms with Gasteiger partial charge in [-0.25, -0.2) is 14.2 Å². The van der Waals surface area contributed by atoms with E-state index >= 15 is 0 Å². The first-order chi connectivity index (χ1) is 16.4. The van der Waals surface area contributed by atoms with Crippen molar-refractivity contribution >= 4 is 11.9 Å². The fourth-order valence-corrected chi connectivity index (χ4v) is 3.60. The van der Waals surface area contributed by atoms with Gasteiger partial charge in [-0.15, -0.1) is 0 Å². The van der Waals surface area contributed by atoms with Crippen molar-refractivity contribution in [2.45, 2.75) is 65.0 Å². The van der Waals surface area contributed by atoms with Gasteiger partial charge in [0.25, 0.3) is 0 Å². The molecule has 0 aliphatic rings. The molecule has 0 saturated heterocycles. The molecular formula is C30H36NO4+. The summed E-state index contributed by atoms with van der Waals surface area (Å²) in [6, 6.07) is 20.6. The van der Waals surface area contributed by atoms with Gasteiger partial charge in [0.05, 0.1) is 11.1 Å². The highest BCUT2D eigenvalue weighted by Crippen LogP contribution is 2.23. The molecule has 1 unspecified atom stereocenters. The molecule has 5 heteroatoms. The lowest BCUT2D eigenvalue weighted by Gasteiger charge is -2.20. The number of hydrogen-bond acceptors (Lipinski definition) is 4. The summed E-state index contributed by atoms with van der Waals surface area (Å²) in [5.41, 5.74) is 3.20. The maximum atomic E-state index is 12.9. The summed E-state index contributed by atoms with van der Waals surface area (Å²) < 4.78 is 13.2. The maximum absolute atomic E-state index is 12.9. The second-order valence-electron chi connectivity index (χ2n) is 10.9. The Kier molecular flexibility index (Phi) is 8.11. The molecule has 3 rings (SSSR count). The van der Waals surface area contributed by atoms with Crippen LogP contribution in [-0.2, 0) is 26.8 Å². The number of hydrogen-bond donors (Lipinski definition) is 0. The van der Waals surface area contributed by atoms with Crippen molar-refractivity contribution in [2.24, 2.45) is 0 Å². The number of nitrogens with zero attached hydrogens (tertiary/aromatic N) is 1. The minimum Gasteiger partial charge on any atom is -0.458 e. The molecule has 0 radical (unpaired) electrons. The Balaban J connectivity index is 1.70. The number of esters is 2. The molecule has 0 N–H and O–H groups in total. The Morgan fingerprint density at radius 3 is 1.63 bits per heavy atom. The van der Waals surface area contributed by atoms with Crippen molar-refractivity contribution in [2.75, 3.05) is 6.61 Å². The van der Waals surface area contributed by atoms with Crippen LogP contribution in [-0.4, -0.2) is 24.6 Å². The first-order valence-corrected chi connectivity index (χ1v) is 12.0. The van der Waals surface area contributed by atoms with Crippen LogP contribution in [0.5, 0.6) is 0 Å². The van der Waals surface area contributed by atoms with E-state index in [4.69, 9.17) is 9.47 Å². The Labute approximate surface area is 208 Å². The van der Waals surface area contributed by atoms with Crippen molar-refractivity contribution in [1.29, 1.82) is 0 Å². The van der Waals surface area contributed by atoms with Crippen LogP contribution in [0.25, 0.3) is 0 Å². The first-order valence-electron chi connectivity index (χ1n) is 12.0. The van der Waals surface area contributed by atoms with Crippen LogP contribution < -0.4 is 4.57 Å². The third kappa shape index (κ3) is 7.51. The van der Waals surface area contributed by atoms with Crippen LogP contribution in [0.1, 0.15) is 73.4 Å². The highest BCUT2D eigenvalue weighted by Gasteiger charge is 2.24. The molecule has 0 spiro atoms. The van der Waals surface area contributed by atoms with Crippen LogP contribution in [0.3, 0.4) is 0 Å². The van der Waals surface area contributed by atoms with Crippen molar-refractivity contribution in [3.63, 3.8) is 0 Å². The van der Waals surface area contributed by atoms with E-state index in [0.717, 1.165) is 11.1 Å². The number of carbonyl (C=O) groups excluding carboxylic acids is 2. The van der Waals surface area contributed by atoms with E-state index in [-0.39, 0.29) is 17.4 Å². The highest BCUT2D eigenvalue weighted by atomic mass is 16.6. The van der Waals surface area contributed by atoms with E-state index in [1.165, 1.54) is 0 Å². The van der Waals surface area contributed by atoms with Gasteiger partial charge in [0.2, 0.25) is 0 Å². The lowest BCUT2D eigenvalue weighted by molar-refractivity contribution is -0.703. The lowest BCUT2D eigenvalue weighted by atomic mass is 9.87. The third-order valence-corrected chi connectivity index (χ3v) is 5.84. The molecule has 0 amide bonds. The van der Waals surface area contributed by atoms with E-state index in [9.17, 15) is 9.59 Å². The second-order valence-corrected chi connectivity index (χ2v) is 10.9. The predicted octanol–water partition coefficient (Wildman–Crippen LogP) is 5.65. The van der Waals surface area contributed by atoms with Crippen LogP contribution in [0.4, 0.5) is 0 Å². The van der Waals surface area contributed by atoms with Crippen LogP contribution >= 0.6 is 0 Å². The molecule has 5 nitrogen and oxygen atoms in total. The molecule has 35 heavy (non-hydrogen) atoms. The fourth-order valence-electron chi connectivity index (χ4n) is 3.60. The molecule has 1 aromatic heterocycles. The highest BCUT2D eigenvalue weighted by molar-refractivity contribution is 5.90. The topological polar surface area (TPSA) is 56.5 Å². The molecule has 0 saturated carbocycles. The first kappa shape index (κ1) is 26.1. The SMILES string of the molecule is CC(C)(C)c1ccc(C(=O)OCC(C[n+]2ccccc2)OC(=O)c2ccc(C(C)(C)C)cc2)cc1. The molecule has 0 aliphatic carbocycles. The Bertz CT molecular complexity index is 1120. The van der Waals surface area contributed by atoms with E-state index in [0.29, 0.717) is 17.7 Å². The number of carbonyl (C=O) groups is 2. The zero-order valence-corrected chi connectivity index (χ0v) is 21.6. The molecule has 0 bridgehead atoms. The van der Waals surface area contributed by atoms with E-state index < -0.39 is 18.0 Å². The lowest BCUT2D eigenvalue weighted by Crippen LogP contribution is -2.43. The smallest absolute Gasteiger partial charge is 0.338 e.